The van der Waals surface area contributed by atoms with E-state index in [-0.39, 0.29) is 17.8 Å². The van der Waals surface area contributed by atoms with Crippen LogP contribution in [0.2, 0.25) is 0 Å². The summed E-state index contributed by atoms with van der Waals surface area (Å²) in [7, 11) is 0. The first-order valence-corrected chi connectivity index (χ1v) is 10.2. The van der Waals surface area contributed by atoms with Gasteiger partial charge in [0.2, 0.25) is 5.91 Å². The van der Waals surface area contributed by atoms with Gasteiger partial charge in [-0.1, -0.05) is 57.4 Å². The van der Waals surface area contributed by atoms with Gasteiger partial charge in [0.05, 0.1) is 6.61 Å². The molecule has 0 aliphatic heterocycles. The number of unbranched alkanes of at least 4 members (excludes halogenated alkanes) is 7. The quantitative estimate of drug-likeness (QED) is 0.291. The third-order valence-corrected chi connectivity index (χ3v) is 4.99. The second kappa shape index (κ2) is 13.9. The second-order valence-corrected chi connectivity index (χ2v) is 7.28. The van der Waals surface area contributed by atoms with Crippen molar-refractivity contribution in [3.05, 3.63) is 12.7 Å². The van der Waals surface area contributed by atoms with Crippen LogP contribution < -0.4 is 5.32 Å². The van der Waals surface area contributed by atoms with Crippen molar-refractivity contribution in [3.8, 4) is 0 Å². The molecule has 25 heavy (non-hydrogen) atoms. The van der Waals surface area contributed by atoms with Gasteiger partial charge < -0.3 is 10.1 Å². The zero-order valence-corrected chi connectivity index (χ0v) is 16.1. The van der Waals surface area contributed by atoms with Gasteiger partial charge in [0.1, 0.15) is 6.04 Å². The third kappa shape index (κ3) is 10.3. The van der Waals surface area contributed by atoms with Gasteiger partial charge in [-0.05, 0) is 39.0 Å². The van der Waals surface area contributed by atoms with E-state index in [0.717, 1.165) is 44.9 Å². The van der Waals surface area contributed by atoms with Crippen molar-refractivity contribution in [2.24, 2.45) is 5.92 Å². The fraction of sp³-hybridized carbons (Fsp3) is 0.810. The van der Waals surface area contributed by atoms with E-state index in [1.54, 1.807) is 6.92 Å². The standard InChI is InChI=1S/C21H37NO3/c1-3-4-5-6-7-8-9-10-14-17-25-21(24)18(2)22-20(23)19-15-12-11-13-16-19/h3,18-19H,1,4-17H2,2H3,(H,22,23)/t18-/m0/s1. The minimum Gasteiger partial charge on any atom is -0.464 e. The summed E-state index contributed by atoms with van der Waals surface area (Å²) >= 11 is 0. The fourth-order valence-corrected chi connectivity index (χ4v) is 3.33. The second-order valence-electron chi connectivity index (χ2n) is 7.28. The van der Waals surface area contributed by atoms with Gasteiger partial charge in [0.15, 0.2) is 0 Å². The Morgan fingerprint density at radius 2 is 1.64 bits per heavy atom. The SMILES string of the molecule is C=CCCCCCCCCCOC(=O)[C@H](C)NC(=O)C1CCCCC1. The molecule has 4 heteroatoms. The topological polar surface area (TPSA) is 55.4 Å². The number of hydrogen-bond acceptors (Lipinski definition) is 3. The zero-order valence-electron chi connectivity index (χ0n) is 16.1. The average molecular weight is 352 g/mol. The van der Waals surface area contributed by atoms with Gasteiger partial charge in [-0.2, -0.15) is 0 Å². The molecule has 0 spiro atoms. The number of ether oxygens (including phenoxy) is 1. The summed E-state index contributed by atoms with van der Waals surface area (Å²) in [5.41, 5.74) is 0. The number of nitrogens with one attached hydrogen (secondary N) is 1. The maximum atomic E-state index is 12.1. The molecule has 1 rings (SSSR count). The van der Waals surface area contributed by atoms with Crippen molar-refractivity contribution in [1.82, 2.24) is 5.32 Å². The van der Waals surface area contributed by atoms with E-state index < -0.39 is 6.04 Å². The van der Waals surface area contributed by atoms with Crippen LogP contribution in [0.15, 0.2) is 12.7 Å². The first kappa shape index (κ1) is 21.7. The van der Waals surface area contributed by atoms with Crippen LogP contribution in [-0.2, 0) is 14.3 Å². The number of amides is 1. The van der Waals surface area contributed by atoms with Crippen molar-refractivity contribution in [2.75, 3.05) is 6.61 Å². The van der Waals surface area contributed by atoms with Crippen LogP contribution in [0, 0.1) is 5.92 Å². The van der Waals surface area contributed by atoms with E-state index in [1.807, 2.05) is 6.08 Å². The summed E-state index contributed by atoms with van der Waals surface area (Å²) in [6, 6.07) is -0.542. The van der Waals surface area contributed by atoms with E-state index in [4.69, 9.17) is 4.74 Å². The van der Waals surface area contributed by atoms with Crippen LogP contribution in [0.5, 0.6) is 0 Å². The number of hydrogen-bond donors (Lipinski definition) is 1. The Bertz CT molecular complexity index is 389. The fourth-order valence-electron chi connectivity index (χ4n) is 3.33. The van der Waals surface area contributed by atoms with Crippen molar-refractivity contribution in [2.45, 2.75) is 96.4 Å². The predicted octanol–water partition coefficient (Wildman–Crippen LogP) is 4.92. The molecule has 1 aliphatic rings. The van der Waals surface area contributed by atoms with Gasteiger partial charge in [0, 0.05) is 5.92 Å². The zero-order chi connectivity index (χ0) is 18.3. The van der Waals surface area contributed by atoms with E-state index in [9.17, 15) is 9.59 Å². The van der Waals surface area contributed by atoms with Gasteiger partial charge >= 0.3 is 5.97 Å². The molecular weight excluding hydrogens is 314 g/mol. The minimum atomic E-state index is -0.542. The number of carbonyl (C=O) groups is 2. The molecule has 0 aromatic heterocycles. The van der Waals surface area contributed by atoms with Crippen molar-refractivity contribution in [1.29, 1.82) is 0 Å². The van der Waals surface area contributed by atoms with Crippen molar-refractivity contribution >= 4 is 11.9 Å². The summed E-state index contributed by atoms with van der Waals surface area (Å²) in [6.07, 6.45) is 16.7. The Balaban J connectivity index is 1.99. The summed E-state index contributed by atoms with van der Waals surface area (Å²) < 4.78 is 5.29. The summed E-state index contributed by atoms with van der Waals surface area (Å²) in [4.78, 5) is 24.1. The first-order valence-electron chi connectivity index (χ1n) is 10.2. The van der Waals surface area contributed by atoms with E-state index in [0.29, 0.717) is 6.61 Å². The number of esters is 1. The highest BCUT2D eigenvalue weighted by Crippen LogP contribution is 2.23. The number of carbonyl (C=O) groups excluding carboxylic acids is 2. The Hall–Kier alpha value is -1.32. The summed E-state index contributed by atoms with van der Waals surface area (Å²) in [5.74, 6) is -0.218. The molecule has 1 atom stereocenters. The lowest BCUT2D eigenvalue weighted by molar-refractivity contribution is -0.148. The molecule has 1 amide bonds. The molecule has 0 radical (unpaired) electrons. The van der Waals surface area contributed by atoms with Crippen LogP contribution in [0.3, 0.4) is 0 Å². The van der Waals surface area contributed by atoms with Gasteiger partial charge in [0.25, 0.3) is 0 Å². The van der Waals surface area contributed by atoms with Crippen LogP contribution >= 0.6 is 0 Å². The lowest BCUT2D eigenvalue weighted by Crippen LogP contribution is -2.43. The largest absolute Gasteiger partial charge is 0.464 e. The normalized spacial score (nSPS) is 16.2. The highest BCUT2D eigenvalue weighted by Gasteiger charge is 2.24. The molecule has 0 unspecified atom stereocenters. The van der Waals surface area contributed by atoms with Crippen molar-refractivity contribution in [3.63, 3.8) is 0 Å². The Labute approximate surface area is 153 Å². The molecule has 0 saturated heterocycles. The van der Waals surface area contributed by atoms with Crippen molar-refractivity contribution < 1.29 is 14.3 Å². The highest BCUT2D eigenvalue weighted by molar-refractivity contribution is 5.85. The van der Waals surface area contributed by atoms with E-state index >= 15 is 0 Å². The molecule has 1 aliphatic carbocycles. The Kier molecular flexibility index (Phi) is 12.1. The van der Waals surface area contributed by atoms with Gasteiger partial charge in [-0.3, -0.25) is 4.79 Å². The molecule has 1 saturated carbocycles. The molecule has 0 aromatic carbocycles. The smallest absolute Gasteiger partial charge is 0.328 e. The Morgan fingerprint density at radius 3 is 2.28 bits per heavy atom. The third-order valence-electron chi connectivity index (χ3n) is 4.99. The Morgan fingerprint density at radius 1 is 1.04 bits per heavy atom. The predicted molar refractivity (Wildman–Crippen MR) is 102 cm³/mol. The number of allylic oxidation sites excluding steroid dienone is 1. The molecule has 1 N–H and O–H groups in total. The van der Waals surface area contributed by atoms with Crippen LogP contribution in [0.1, 0.15) is 90.4 Å². The molecular formula is C21H37NO3. The van der Waals surface area contributed by atoms with Crippen LogP contribution in [0.4, 0.5) is 0 Å². The van der Waals surface area contributed by atoms with Gasteiger partial charge in [-0.25, -0.2) is 4.79 Å². The molecule has 4 nitrogen and oxygen atoms in total. The summed E-state index contributed by atoms with van der Waals surface area (Å²) in [5, 5.41) is 2.81. The maximum Gasteiger partial charge on any atom is 0.328 e. The molecule has 0 bridgehead atoms. The van der Waals surface area contributed by atoms with Crippen LogP contribution in [0.25, 0.3) is 0 Å². The van der Waals surface area contributed by atoms with E-state index in [1.165, 1.54) is 38.5 Å². The van der Waals surface area contributed by atoms with E-state index in [2.05, 4.69) is 11.9 Å². The minimum absolute atomic E-state index is 0.0144. The van der Waals surface area contributed by atoms with Gasteiger partial charge in [-0.15, -0.1) is 6.58 Å². The van der Waals surface area contributed by atoms with Crippen LogP contribution in [-0.4, -0.2) is 24.5 Å². The number of rotatable bonds is 13. The maximum absolute atomic E-state index is 12.1. The lowest BCUT2D eigenvalue weighted by Gasteiger charge is -2.22. The summed E-state index contributed by atoms with van der Waals surface area (Å²) in [6.45, 7) is 5.90. The molecule has 144 valence electrons. The molecule has 0 aromatic rings. The molecule has 0 heterocycles. The molecule has 1 fully saturated rings. The average Bonchev–Trinajstić information content (AvgIpc) is 2.63. The lowest BCUT2D eigenvalue weighted by atomic mass is 9.88. The highest BCUT2D eigenvalue weighted by atomic mass is 16.5. The first-order chi connectivity index (χ1) is 12.1. The monoisotopic (exact) mass is 351 g/mol.